The van der Waals surface area contributed by atoms with E-state index in [0.29, 0.717) is 11.8 Å². The molecule has 3 amide bonds. The fraction of sp³-hybridized carbons (Fsp3) is 0.833. The lowest BCUT2D eigenvalue weighted by Gasteiger charge is -2.26. The first-order valence-electron chi connectivity index (χ1n) is 6.70. The molecule has 1 fully saturated rings. The van der Waals surface area contributed by atoms with Gasteiger partial charge in [0.2, 0.25) is 5.91 Å². The summed E-state index contributed by atoms with van der Waals surface area (Å²) in [6.07, 6.45) is -3.56. The number of hydrogen-bond donors (Lipinski definition) is 2. The molecule has 1 aliphatic rings. The van der Waals surface area contributed by atoms with Gasteiger partial charge in [-0.2, -0.15) is 24.9 Å². The molecule has 0 radical (unpaired) electrons. The van der Waals surface area contributed by atoms with Gasteiger partial charge in [-0.1, -0.05) is 6.92 Å². The zero-order valence-corrected chi connectivity index (χ0v) is 12.8. The lowest BCUT2D eigenvalue weighted by atomic mass is 10.2. The van der Waals surface area contributed by atoms with Crippen molar-refractivity contribution in [3.05, 3.63) is 0 Å². The van der Waals surface area contributed by atoms with Gasteiger partial charge in [-0.15, -0.1) is 0 Å². The number of nitrogens with one attached hydrogen (secondary N) is 2. The van der Waals surface area contributed by atoms with Crippen molar-refractivity contribution < 1.29 is 22.8 Å². The molecule has 0 bridgehead atoms. The molecule has 1 heterocycles. The summed E-state index contributed by atoms with van der Waals surface area (Å²) in [5.41, 5.74) is 0. The van der Waals surface area contributed by atoms with E-state index in [1.54, 1.807) is 12.2 Å². The second-order valence-corrected chi connectivity index (χ2v) is 6.52. The monoisotopic (exact) mass is 327 g/mol. The Labute approximate surface area is 126 Å². The van der Waals surface area contributed by atoms with Gasteiger partial charge in [0, 0.05) is 17.5 Å². The van der Waals surface area contributed by atoms with Crippen molar-refractivity contribution in [2.45, 2.75) is 37.7 Å². The van der Waals surface area contributed by atoms with Gasteiger partial charge in [0.05, 0.1) is 6.04 Å². The second-order valence-electron chi connectivity index (χ2n) is 4.97. The van der Waals surface area contributed by atoms with Crippen LogP contribution < -0.4 is 10.6 Å². The molecule has 0 aromatic heterocycles. The average Bonchev–Trinajstić information content (AvgIpc) is 2.59. The zero-order chi connectivity index (χ0) is 16.0. The third-order valence-corrected chi connectivity index (χ3v) is 4.44. The van der Waals surface area contributed by atoms with Gasteiger partial charge in [0.1, 0.15) is 6.54 Å². The Balaban J connectivity index is 2.41. The third kappa shape index (κ3) is 7.03. The number of carbonyl (C=O) groups is 2. The highest BCUT2D eigenvalue weighted by Crippen LogP contribution is 2.19. The van der Waals surface area contributed by atoms with Gasteiger partial charge < -0.3 is 5.32 Å². The Bertz CT molecular complexity index is 379. The molecular formula is C12H20F3N3O2S. The van der Waals surface area contributed by atoms with Crippen LogP contribution >= 0.6 is 11.8 Å². The summed E-state index contributed by atoms with van der Waals surface area (Å²) in [7, 11) is 0. The average molecular weight is 327 g/mol. The number of thioether (sulfide) groups is 1. The van der Waals surface area contributed by atoms with E-state index < -0.39 is 30.7 Å². The summed E-state index contributed by atoms with van der Waals surface area (Å²) in [4.78, 5) is 25.0. The number of hydrogen-bond acceptors (Lipinski definition) is 4. The van der Waals surface area contributed by atoms with Crippen LogP contribution in [0.25, 0.3) is 0 Å². The van der Waals surface area contributed by atoms with E-state index in [0.717, 1.165) is 18.7 Å². The maximum Gasteiger partial charge on any atom is 0.405 e. The van der Waals surface area contributed by atoms with Crippen LogP contribution in [0.5, 0.6) is 0 Å². The summed E-state index contributed by atoms with van der Waals surface area (Å²) in [5, 5.41) is 4.07. The summed E-state index contributed by atoms with van der Waals surface area (Å²) in [5.74, 6) is 0.299. The predicted octanol–water partition coefficient (Wildman–Crippen LogP) is 1.59. The van der Waals surface area contributed by atoms with Gasteiger partial charge in [-0.05, 0) is 19.9 Å². The minimum Gasteiger partial charge on any atom is -0.329 e. The van der Waals surface area contributed by atoms with Crippen LogP contribution in [0, 0.1) is 0 Å². The fourth-order valence-electron chi connectivity index (χ4n) is 1.91. The largest absolute Gasteiger partial charge is 0.405 e. The molecule has 2 unspecified atom stereocenters. The zero-order valence-electron chi connectivity index (χ0n) is 12.0. The van der Waals surface area contributed by atoms with Gasteiger partial charge in [-0.25, -0.2) is 4.79 Å². The lowest BCUT2D eigenvalue weighted by molar-refractivity contribution is -0.126. The highest BCUT2D eigenvalue weighted by Gasteiger charge is 2.29. The molecule has 0 saturated carbocycles. The quantitative estimate of drug-likeness (QED) is 0.826. The topological polar surface area (TPSA) is 61.4 Å². The minimum atomic E-state index is -4.50. The molecule has 1 rings (SSSR count). The van der Waals surface area contributed by atoms with E-state index in [1.807, 2.05) is 22.0 Å². The van der Waals surface area contributed by atoms with E-state index in [2.05, 4.69) is 6.92 Å². The van der Waals surface area contributed by atoms with Crippen molar-refractivity contribution in [2.24, 2.45) is 0 Å². The van der Waals surface area contributed by atoms with Gasteiger partial charge >= 0.3 is 12.2 Å². The first kappa shape index (κ1) is 18.1. The summed E-state index contributed by atoms with van der Waals surface area (Å²) >= 11 is 1.82. The lowest BCUT2D eigenvalue weighted by Crippen LogP contribution is -2.51. The van der Waals surface area contributed by atoms with Crippen molar-refractivity contribution in [2.75, 3.05) is 25.4 Å². The number of alkyl halides is 3. The van der Waals surface area contributed by atoms with Crippen molar-refractivity contribution in [1.82, 2.24) is 15.5 Å². The fourth-order valence-corrected chi connectivity index (χ4v) is 2.92. The maximum absolute atomic E-state index is 11.9. The molecule has 1 saturated heterocycles. The molecule has 0 spiro atoms. The van der Waals surface area contributed by atoms with Crippen LogP contribution in [-0.2, 0) is 4.79 Å². The number of rotatable bonds is 3. The van der Waals surface area contributed by atoms with Crippen molar-refractivity contribution in [3.8, 4) is 0 Å². The number of urea groups is 1. The SMILES string of the molecule is CC1CCN(C(C)C(=O)NC(=O)NCC(F)(F)F)CCS1. The van der Waals surface area contributed by atoms with Crippen LogP contribution in [-0.4, -0.2) is 59.7 Å². The number of nitrogens with zero attached hydrogens (tertiary/aromatic N) is 1. The molecule has 5 nitrogen and oxygen atoms in total. The van der Waals surface area contributed by atoms with Crippen molar-refractivity contribution >= 4 is 23.7 Å². The van der Waals surface area contributed by atoms with Crippen molar-refractivity contribution in [3.63, 3.8) is 0 Å². The third-order valence-electron chi connectivity index (χ3n) is 3.22. The van der Waals surface area contributed by atoms with E-state index >= 15 is 0 Å². The number of amides is 3. The Morgan fingerprint density at radius 2 is 2.05 bits per heavy atom. The van der Waals surface area contributed by atoms with Crippen LogP contribution in [0.1, 0.15) is 20.3 Å². The Morgan fingerprint density at radius 1 is 1.38 bits per heavy atom. The highest BCUT2D eigenvalue weighted by atomic mass is 32.2. The summed E-state index contributed by atoms with van der Waals surface area (Å²) < 4.78 is 35.8. The van der Waals surface area contributed by atoms with Crippen LogP contribution in [0.4, 0.5) is 18.0 Å². The highest BCUT2D eigenvalue weighted by molar-refractivity contribution is 7.99. The molecule has 122 valence electrons. The van der Waals surface area contributed by atoms with Gasteiger partial charge in [-0.3, -0.25) is 15.0 Å². The van der Waals surface area contributed by atoms with E-state index in [-0.39, 0.29) is 0 Å². The molecule has 2 atom stereocenters. The molecule has 1 aliphatic heterocycles. The maximum atomic E-state index is 11.9. The molecule has 9 heteroatoms. The first-order valence-corrected chi connectivity index (χ1v) is 7.75. The summed E-state index contributed by atoms with van der Waals surface area (Å²) in [6.45, 7) is 3.75. The number of halogens is 3. The first-order chi connectivity index (χ1) is 9.69. The van der Waals surface area contributed by atoms with Crippen molar-refractivity contribution in [1.29, 1.82) is 0 Å². The molecule has 0 aliphatic carbocycles. The Morgan fingerprint density at radius 3 is 2.67 bits per heavy atom. The normalized spacial score (nSPS) is 22.2. The van der Waals surface area contributed by atoms with Gasteiger partial charge in [0.25, 0.3) is 0 Å². The van der Waals surface area contributed by atoms with Crippen LogP contribution in [0.15, 0.2) is 0 Å². The number of carbonyl (C=O) groups excluding carboxylic acids is 2. The van der Waals surface area contributed by atoms with E-state index in [9.17, 15) is 22.8 Å². The second kappa shape index (κ2) is 7.88. The standard InChI is InChI=1S/C12H20F3N3O2S/c1-8-3-4-18(5-6-21-8)9(2)10(19)17-11(20)16-7-12(13,14)15/h8-9H,3-7H2,1-2H3,(H2,16,17,19,20). The van der Waals surface area contributed by atoms with E-state index in [1.165, 1.54) is 0 Å². The van der Waals surface area contributed by atoms with E-state index in [4.69, 9.17) is 0 Å². The molecule has 0 aromatic carbocycles. The predicted molar refractivity (Wildman–Crippen MR) is 75.2 cm³/mol. The molecule has 0 aromatic rings. The molecule has 2 N–H and O–H groups in total. The number of imide groups is 1. The molecule has 21 heavy (non-hydrogen) atoms. The summed E-state index contributed by atoms with van der Waals surface area (Å²) in [6, 6.07) is -1.67. The van der Waals surface area contributed by atoms with Gasteiger partial charge in [0.15, 0.2) is 0 Å². The Kier molecular flexibility index (Phi) is 6.79. The van der Waals surface area contributed by atoms with Crippen LogP contribution in [0.3, 0.4) is 0 Å². The smallest absolute Gasteiger partial charge is 0.329 e. The molecular weight excluding hydrogens is 307 g/mol. The minimum absolute atomic E-state index is 0.514. The Hall–Kier alpha value is -0.960. The van der Waals surface area contributed by atoms with Crippen LogP contribution in [0.2, 0.25) is 0 Å².